The van der Waals surface area contributed by atoms with Gasteiger partial charge in [0.1, 0.15) is 11.2 Å². The molecule has 64 heavy (non-hydrogen) atoms. The second-order valence-corrected chi connectivity index (χ2v) is 16.4. The predicted molar refractivity (Wildman–Crippen MR) is 271 cm³/mol. The fourth-order valence-corrected chi connectivity index (χ4v) is 9.64. The summed E-state index contributed by atoms with van der Waals surface area (Å²) < 4.78 is 6.91. The van der Waals surface area contributed by atoms with Crippen molar-refractivity contribution in [2.24, 2.45) is 0 Å². The Labute approximate surface area is 372 Å². The van der Waals surface area contributed by atoms with Gasteiger partial charge in [-0.15, -0.1) is 0 Å². The van der Waals surface area contributed by atoms with E-state index in [1.807, 2.05) is 0 Å². The maximum atomic E-state index is 6.91. The van der Waals surface area contributed by atoms with Gasteiger partial charge in [0.15, 0.2) is 0 Å². The van der Waals surface area contributed by atoms with Crippen molar-refractivity contribution >= 4 is 60.5 Å². The lowest BCUT2D eigenvalue weighted by atomic mass is 9.92. The zero-order valence-corrected chi connectivity index (χ0v) is 35.0. The number of rotatable bonds is 8. The first kappa shape index (κ1) is 37.3. The summed E-state index contributed by atoms with van der Waals surface area (Å²) in [5.74, 6) is 0. The average molecular weight is 816 g/mol. The van der Waals surface area contributed by atoms with Gasteiger partial charge in [-0.3, -0.25) is 0 Å². The van der Waals surface area contributed by atoms with Crippen molar-refractivity contribution in [3.05, 3.63) is 249 Å². The normalized spacial score (nSPS) is 11.4. The first-order chi connectivity index (χ1) is 31.7. The van der Waals surface area contributed by atoms with Crippen LogP contribution in [-0.2, 0) is 0 Å². The van der Waals surface area contributed by atoms with Gasteiger partial charge in [0.25, 0.3) is 0 Å². The predicted octanol–water partition coefficient (Wildman–Crippen LogP) is 17.7. The van der Waals surface area contributed by atoms with Gasteiger partial charge in [-0.2, -0.15) is 0 Å². The molecule has 1 heterocycles. The van der Waals surface area contributed by atoms with Crippen LogP contribution in [0.2, 0.25) is 0 Å². The van der Waals surface area contributed by atoms with Crippen LogP contribution in [0.4, 0.5) is 17.1 Å². The van der Waals surface area contributed by atoms with Crippen LogP contribution in [0, 0.1) is 0 Å². The van der Waals surface area contributed by atoms with Gasteiger partial charge in [-0.25, -0.2) is 0 Å². The summed E-state index contributed by atoms with van der Waals surface area (Å²) in [5.41, 5.74) is 16.6. The third-order valence-corrected chi connectivity index (χ3v) is 12.7. The van der Waals surface area contributed by atoms with Crippen LogP contribution >= 0.6 is 0 Å². The van der Waals surface area contributed by atoms with Gasteiger partial charge < -0.3 is 9.32 Å². The van der Waals surface area contributed by atoms with Gasteiger partial charge in [-0.05, 0) is 120 Å². The fraction of sp³-hybridized carbons (Fsp3) is 0. The Morgan fingerprint density at radius 1 is 0.281 bits per heavy atom. The van der Waals surface area contributed by atoms with E-state index >= 15 is 0 Å². The molecule has 11 aromatic carbocycles. The number of furan rings is 1. The van der Waals surface area contributed by atoms with Crippen LogP contribution in [0.15, 0.2) is 253 Å². The Balaban J connectivity index is 1.02. The second kappa shape index (κ2) is 15.8. The molecule has 0 radical (unpaired) electrons. The highest BCUT2D eigenvalue weighted by molar-refractivity contribution is 6.18. The molecule has 2 nitrogen and oxygen atoms in total. The Kier molecular flexibility index (Phi) is 9.20. The summed E-state index contributed by atoms with van der Waals surface area (Å²) in [5, 5.41) is 7.03. The average Bonchev–Trinajstić information content (AvgIpc) is 3.77. The Morgan fingerprint density at radius 2 is 0.766 bits per heavy atom. The van der Waals surface area contributed by atoms with Gasteiger partial charge in [-0.1, -0.05) is 200 Å². The summed E-state index contributed by atoms with van der Waals surface area (Å²) in [4.78, 5) is 2.39. The topological polar surface area (TPSA) is 16.4 Å². The van der Waals surface area contributed by atoms with Crippen LogP contribution in [0.25, 0.3) is 99.1 Å². The molecule has 0 aliphatic heterocycles. The first-order valence-corrected chi connectivity index (χ1v) is 21.9. The lowest BCUT2D eigenvalue weighted by Gasteiger charge is -2.27. The molecule has 0 saturated carbocycles. The fourth-order valence-electron chi connectivity index (χ4n) is 9.64. The molecular weight excluding hydrogens is 775 g/mol. The largest absolute Gasteiger partial charge is 0.455 e. The minimum Gasteiger partial charge on any atom is -0.455 e. The molecule has 300 valence electrons. The van der Waals surface area contributed by atoms with Crippen LogP contribution < -0.4 is 4.90 Å². The lowest BCUT2D eigenvalue weighted by molar-refractivity contribution is 0.670. The van der Waals surface area contributed by atoms with E-state index in [2.05, 4.69) is 254 Å². The Hall–Kier alpha value is -8.46. The molecule has 0 N–H and O–H groups in total. The summed E-state index contributed by atoms with van der Waals surface area (Å²) in [6, 6.07) is 89.5. The number of benzene rings is 11. The van der Waals surface area contributed by atoms with Crippen LogP contribution in [-0.4, -0.2) is 0 Å². The monoisotopic (exact) mass is 815 g/mol. The van der Waals surface area contributed by atoms with Crippen molar-refractivity contribution in [3.63, 3.8) is 0 Å². The minimum atomic E-state index is 0.862. The zero-order chi connectivity index (χ0) is 42.4. The van der Waals surface area contributed by atoms with Crippen molar-refractivity contribution in [1.82, 2.24) is 0 Å². The number of nitrogens with zero attached hydrogens (tertiary/aromatic N) is 1. The standard InChI is InChI=1S/C62H41NO/c1-2-15-42(16-3-1)47-21-12-22-48(41-47)55-26-9-8-24-52(55)45-31-35-49(36-32-45)63(50-37-33-46(34-38-50)53-28-13-19-43-17-4-6-23-51(43)53)59-40-39-57(56-29-14-20-44-18-5-7-25-54(44)56)62-61(59)58-27-10-11-30-60(58)64-62/h1-41H. The molecule has 12 rings (SSSR count). The first-order valence-electron chi connectivity index (χ1n) is 21.9. The van der Waals surface area contributed by atoms with Crippen LogP contribution in [0.1, 0.15) is 0 Å². The van der Waals surface area contributed by atoms with E-state index in [1.54, 1.807) is 0 Å². The van der Waals surface area contributed by atoms with Gasteiger partial charge in [0, 0.05) is 22.3 Å². The molecule has 0 bridgehead atoms. The van der Waals surface area contributed by atoms with Crippen molar-refractivity contribution in [2.75, 3.05) is 4.90 Å². The smallest absolute Gasteiger partial charge is 0.145 e. The number of hydrogen-bond donors (Lipinski definition) is 0. The molecular formula is C62H41NO. The Morgan fingerprint density at radius 3 is 1.47 bits per heavy atom. The van der Waals surface area contributed by atoms with Gasteiger partial charge >= 0.3 is 0 Å². The van der Waals surface area contributed by atoms with Crippen LogP contribution in [0.3, 0.4) is 0 Å². The summed E-state index contributed by atoms with van der Waals surface area (Å²) in [7, 11) is 0. The number of hydrogen-bond acceptors (Lipinski definition) is 2. The van der Waals surface area contributed by atoms with Crippen molar-refractivity contribution in [3.8, 4) is 55.6 Å². The van der Waals surface area contributed by atoms with Crippen molar-refractivity contribution < 1.29 is 4.42 Å². The minimum absolute atomic E-state index is 0.862. The molecule has 0 saturated heterocycles. The number of anilines is 3. The number of fused-ring (bicyclic) bond motifs is 5. The highest BCUT2D eigenvalue weighted by atomic mass is 16.3. The molecule has 0 aliphatic rings. The zero-order valence-electron chi connectivity index (χ0n) is 35.0. The van der Waals surface area contributed by atoms with E-state index in [-0.39, 0.29) is 0 Å². The van der Waals surface area contributed by atoms with Crippen LogP contribution in [0.5, 0.6) is 0 Å². The van der Waals surface area contributed by atoms with E-state index in [0.717, 1.165) is 55.7 Å². The Bertz CT molecular complexity index is 3650. The molecule has 0 spiro atoms. The molecule has 0 unspecified atom stereocenters. The van der Waals surface area contributed by atoms with E-state index in [4.69, 9.17) is 4.42 Å². The molecule has 12 aromatic rings. The molecule has 0 aliphatic carbocycles. The maximum absolute atomic E-state index is 6.91. The van der Waals surface area contributed by atoms with Gasteiger partial charge in [0.2, 0.25) is 0 Å². The molecule has 0 amide bonds. The van der Waals surface area contributed by atoms with E-state index in [0.29, 0.717) is 0 Å². The summed E-state index contributed by atoms with van der Waals surface area (Å²) in [6.07, 6.45) is 0. The second-order valence-electron chi connectivity index (χ2n) is 16.4. The SMILES string of the molecule is c1ccc(-c2cccc(-c3ccccc3-c3ccc(N(c4ccc(-c5cccc6ccccc56)cc4)c4ccc(-c5cccc6ccccc56)c5oc6ccccc6c45)cc3)c2)cc1. The van der Waals surface area contributed by atoms with E-state index in [1.165, 1.54) is 60.5 Å². The van der Waals surface area contributed by atoms with E-state index in [9.17, 15) is 0 Å². The van der Waals surface area contributed by atoms with E-state index < -0.39 is 0 Å². The lowest BCUT2D eigenvalue weighted by Crippen LogP contribution is -2.10. The molecule has 0 fully saturated rings. The third-order valence-electron chi connectivity index (χ3n) is 12.7. The van der Waals surface area contributed by atoms with Crippen molar-refractivity contribution in [2.45, 2.75) is 0 Å². The highest BCUT2D eigenvalue weighted by Gasteiger charge is 2.23. The number of para-hydroxylation sites is 1. The maximum Gasteiger partial charge on any atom is 0.145 e. The molecule has 1 aromatic heterocycles. The quantitative estimate of drug-likeness (QED) is 0.152. The van der Waals surface area contributed by atoms with Gasteiger partial charge in [0.05, 0.1) is 11.1 Å². The summed E-state index contributed by atoms with van der Waals surface area (Å²) >= 11 is 0. The summed E-state index contributed by atoms with van der Waals surface area (Å²) in [6.45, 7) is 0. The van der Waals surface area contributed by atoms with Crippen molar-refractivity contribution in [1.29, 1.82) is 0 Å². The third kappa shape index (κ3) is 6.52. The molecule has 0 atom stereocenters. The molecule has 2 heteroatoms. The highest BCUT2D eigenvalue weighted by Crippen LogP contribution is 2.48.